The molecule has 3 aliphatic heterocycles. The van der Waals surface area contributed by atoms with Gasteiger partial charge in [0.05, 0.1) is 52.9 Å². The van der Waals surface area contributed by atoms with Crippen molar-refractivity contribution in [2.75, 3.05) is 52.9 Å². The maximum atomic E-state index is 14.0. The van der Waals surface area contributed by atoms with Crippen LogP contribution in [0.3, 0.4) is 0 Å². The van der Waals surface area contributed by atoms with E-state index in [-0.39, 0.29) is 52.2 Å². The predicted octanol–water partition coefficient (Wildman–Crippen LogP) is 5.98. The van der Waals surface area contributed by atoms with Gasteiger partial charge in [0, 0.05) is 86.1 Å². The quantitative estimate of drug-likeness (QED) is 0.223. The molecule has 0 saturated carbocycles. The molecule has 4 aliphatic rings. The lowest BCUT2D eigenvalue weighted by atomic mass is 9.75. The number of hydrogen-bond donors (Lipinski definition) is 5. The van der Waals surface area contributed by atoms with Crippen molar-refractivity contribution in [1.29, 1.82) is 0 Å². The first kappa shape index (κ1) is 38.4. The Morgan fingerprint density at radius 3 is 1.87 bits per heavy atom. The molecule has 0 spiro atoms. The second-order valence-electron chi connectivity index (χ2n) is 16.7. The third-order valence-electron chi connectivity index (χ3n) is 12.0. The first-order chi connectivity index (χ1) is 25.8. The van der Waals surface area contributed by atoms with Gasteiger partial charge in [0.15, 0.2) is 0 Å². The third kappa shape index (κ3) is 7.93. The van der Waals surface area contributed by atoms with Gasteiger partial charge in [-0.15, -0.1) is 0 Å². The van der Waals surface area contributed by atoms with Crippen LogP contribution in [0.15, 0.2) is 72.1 Å². The highest BCUT2D eigenvalue weighted by Gasteiger charge is 2.45. The van der Waals surface area contributed by atoms with E-state index in [1.807, 2.05) is 18.2 Å². The number of rotatable bonds is 3. The summed E-state index contributed by atoms with van der Waals surface area (Å²) in [6, 6.07) is 13.2. The normalized spacial score (nSPS) is 28.4. The zero-order chi connectivity index (χ0) is 38.1. The number of nitrogens with one attached hydrogen (secondary N) is 5. The Balaban J connectivity index is 1.14. The van der Waals surface area contributed by atoms with E-state index in [2.05, 4.69) is 117 Å². The Hall–Kier alpha value is -3.87. The van der Waals surface area contributed by atoms with E-state index in [1.165, 1.54) is 5.69 Å². The molecular weight excluding hydrogens is 683 g/mol. The summed E-state index contributed by atoms with van der Waals surface area (Å²) in [5, 5.41) is 7.16. The minimum absolute atomic E-state index is 0.0560. The van der Waals surface area contributed by atoms with Crippen molar-refractivity contribution < 1.29 is 28.5 Å². The number of allylic oxidation sites excluding steroid dienone is 2. The van der Waals surface area contributed by atoms with Crippen LogP contribution in [-0.4, -0.2) is 92.0 Å². The largest absolute Gasteiger partial charge is 0.384 e. The summed E-state index contributed by atoms with van der Waals surface area (Å²) in [6.45, 7) is 19.5. The number of hydrogen-bond acceptors (Lipinski definition) is 7. The van der Waals surface area contributed by atoms with E-state index in [0.29, 0.717) is 65.0 Å². The fourth-order valence-electron chi connectivity index (χ4n) is 8.20. The predicted molar refractivity (Wildman–Crippen MR) is 208 cm³/mol. The number of carbonyl (C=O) groups excluding carboxylic acids is 1. The van der Waals surface area contributed by atoms with Crippen LogP contribution in [0.2, 0.25) is 0 Å². The number of aromatic nitrogens is 3. The molecule has 3 aromatic heterocycles. The molecule has 1 amide bonds. The maximum absolute atomic E-state index is 14.0. The van der Waals surface area contributed by atoms with Gasteiger partial charge in [0.1, 0.15) is 12.2 Å². The molecule has 6 heterocycles. The average Bonchev–Trinajstić information content (AvgIpc) is 3.97. The number of amides is 1. The Kier molecular flexibility index (Phi) is 11.2. The van der Waals surface area contributed by atoms with Crippen LogP contribution >= 0.6 is 0 Å². The lowest BCUT2D eigenvalue weighted by Crippen LogP contribution is -2.48. The van der Waals surface area contributed by atoms with Gasteiger partial charge in [0.25, 0.3) is 0 Å². The second-order valence-corrected chi connectivity index (χ2v) is 16.7. The van der Waals surface area contributed by atoms with E-state index >= 15 is 0 Å². The van der Waals surface area contributed by atoms with Crippen LogP contribution in [0.4, 0.5) is 0 Å². The van der Waals surface area contributed by atoms with Crippen molar-refractivity contribution >= 4 is 5.91 Å². The lowest BCUT2D eigenvalue weighted by Gasteiger charge is -2.37. The molecule has 0 aromatic carbocycles. The molecule has 0 radical (unpaired) electrons. The van der Waals surface area contributed by atoms with Crippen LogP contribution in [0.5, 0.6) is 0 Å². The maximum Gasteiger partial charge on any atom is 0.225 e. The number of H-pyrrole nitrogens is 3. The summed E-state index contributed by atoms with van der Waals surface area (Å²) in [7, 11) is 0. The molecular formula is C43H59N5O6. The number of aromatic amines is 3. The molecule has 11 heteroatoms. The van der Waals surface area contributed by atoms with Crippen LogP contribution < -0.4 is 10.6 Å². The van der Waals surface area contributed by atoms with Crippen LogP contribution in [0.1, 0.15) is 95.0 Å². The Morgan fingerprint density at radius 2 is 1.22 bits per heavy atom. The van der Waals surface area contributed by atoms with E-state index in [9.17, 15) is 4.79 Å². The van der Waals surface area contributed by atoms with Crippen molar-refractivity contribution in [3.8, 4) is 0 Å². The summed E-state index contributed by atoms with van der Waals surface area (Å²) in [5.41, 5.74) is 7.73. The highest BCUT2D eigenvalue weighted by Crippen LogP contribution is 2.43. The Labute approximate surface area is 319 Å². The summed E-state index contributed by atoms with van der Waals surface area (Å²) < 4.78 is 29.1. The third-order valence-corrected chi connectivity index (χ3v) is 12.0. The van der Waals surface area contributed by atoms with Gasteiger partial charge in [-0.2, -0.15) is 0 Å². The van der Waals surface area contributed by atoms with Gasteiger partial charge < -0.3 is 49.3 Å². The first-order valence-electron chi connectivity index (χ1n) is 19.6. The monoisotopic (exact) mass is 741 g/mol. The Morgan fingerprint density at radius 1 is 0.685 bits per heavy atom. The number of carbonyl (C=O) groups is 1. The summed E-state index contributed by atoms with van der Waals surface area (Å²) in [4.78, 5) is 25.4. The molecule has 3 aromatic rings. The zero-order valence-electron chi connectivity index (χ0n) is 33.0. The van der Waals surface area contributed by atoms with Crippen LogP contribution in [-0.2, 0) is 44.7 Å². The molecule has 1 aliphatic carbocycles. The molecule has 1 fully saturated rings. The van der Waals surface area contributed by atoms with Crippen molar-refractivity contribution in [3.63, 3.8) is 0 Å². The fraction of sp³-hybridized carbons (Fsp3) is 0.558. The molecule has 54 heavy (non-hydrogen) atoms. The van der Waals surface area contributed by atoms with E-state index in [0.717, 1.165) is 34.2 Å². The number of fused-ring (bicyclic) bond motifs is 9. The zero-order valence-corrected chi connectivity index (χ0v) is 33.0. The van der Waals surface area contributed by atoms with Crippen molar-refractivity contribution in [3.05, 3.63) is 106 Å². The average molecular weight is 742 g/mol. The van der Waals surface area contributed by atoms with Gasteiger partial charge >= 0.3 is 0 Å². The summed E-state index contributed by atoms with van der Waals surface area (Å²) in [6.07, 6.45) is 7.72. The standard InChI is InChI=1S/C43H59N5O6/c1-27-30-9-12-34(45-30)41(2,3)36-14-15-37(47-36)43(6,7)40-28(24-38(48-40)42(4,5)35-13-10-31(27)46-35)25-39(49)44-29-8-11-32-33(26-29)54-23-21-52-19-17-50-16-18-51-20-22-53-32/h8-15,24,26-28,32-33,40,45-48H,16-23,25H2,1-7H3,(H,44,49). The highest BCUT2D eigenvalue weighted by atomic mass is 16.6. The summed E-state index contributed by atoms with van der Waals surface area (Å²) >= 11 is 0. The molecule has 292 valence electrons. The van der Waals surface area contributed by atoms with E-state index < -0.39 is 0 Å². The fourth-order valence-corrected chi connectivity index (χ4v) is 8.20. The van der Waals surface area contributed by atoms with Crippen molar-refractivity contribution in [2.45, 2.75) is 95.3 Å². The molecule has 11 nitrogen and oxygen atoms in total. The van der Waals surface area contributed by atoms with E-state index in [1.54, 1.807) is 0 Å². The summed E-state index contributed by atoms with van der Waals surface area (Å²) in [5.74, 6) is 0.0279. The van der Waals surface area contributed by atoms with Gasteiger partial charge in [-0.25, -0.2) is 0 Å². The van der Waals surface area contributed by atoms with Gasteiger partial charge in [-0.05, 0) is 76.2 Å². The topological polar surface area (TPSA) is 135 Å². The molecule has 1 saturated heterocycles. The minimum atomic E-state index is -0.379. The first-order valence-corrected chi connectivity index (χ1v) is 19.6. The van der Waals surface area contributed by atoms with Crippen molar-refractivity contribution in [2.24, 2.45) is 5.92 Å². The van der Waals surface area contributed by atoms with Gasteiger partial charge in [-0.3, -0.25) is 4.79 Å². The highest BCUT2D eigenvalue weighted by molar-refractivity contribution is 5.79. The number of ether oxygens (including phenoxy) is 5. The molecule has 8 bridgehead atoms. The van der Waals surface area contributed by atoms with Gasteiger partial charge in [0.2, 0.25) is 5.91 Å². The minimum Gasteiger partial charge on any atom is -0.384 e. The smallest absolute Gasteiger partial charge is 0.225 e. The van der Waals surface area contributed by atoms with Crippen LogP contribution in [0.25, 0.3) is 0 Å². The SMILES string of the molecule is CC1c2ccc([nH]2)C(C)(C)C2=CC(CC(=O)NC3=CC4OCCOCCOCCOCCOC4C=C3)C(N2)C(C)(C)c2ccc([nH]2)C(C)(C)c2ccc1[nH]2. The van der Waals surface area contributed by atoms with Gasteiger partial charge in [-0.1, -0.05) is 32.9 Å². The van der Waals surface area contributed by atoms with Crippen LogP contribution in [0, 0.1) is 5.92 Å². The molecule has 5 atom stereocenters. The lowest BCUT2D eigenvalue weighted by molar-refractivity contribution is -0.121. The van der Waals surface area contributed by atoms with E-state index in [4.69, 9.17) is 23.7 Å². The molecule has 5 N–H and O–H groups in total. The van der Waals surface area contributed by atoms with Crippen molar-refractivity contribution in [1.82, 2.24) is 25.6 Å². The molecule has 5 unspecified atom stereocenters. The Bertz CT molecular complexity index is 1860. The molecule has 7 rings (SSSR count). The second kappa shape index (κ2) is 15.7.